The van der Waals surface area contributed by atoms with E-state index < -0.39 is 0 Å². The quantitative estimate of drug-likeness (QED) is 0.406. The third-order valence-corrected chi connectivity index (χ3v) is 6.36. The first-order chi connectivity index (χ1) is 16.2. The van der Waals surface area contributed by atoms with Crippen LogP contribution in [0.2, 0.25) is 0 Å². The Labute approximate surface area is 191 Å². The Hall–Kier alpha value is -3.88. The van der Waals surface area contributed by atoms with Crippen LogP contribution in [0.5, 0.6) is 0 Å². The molecule has 6 rings (SSSR count). The van der Waals surface area contributed by atoms with Crippen LogP contribution in [0.15, 0.2) is 54.7 Å². The lowest BCUT2D eigenvalue weighted by molar-refractivity contribution is -0.122. The number of anilines is 3. The Morgan fingerprint density at radius 1 is 1.12 bits per heavy atom. The van der Waals surface area contributed by atoms with Crippen LogP contribution in [0.3, 0.4) is 0 Å². The number of nitrogens with one attached hydrogen (secondary N) is 3. The van der Waals surface area contributed by atoms with Crippen molar-refractivity contribution in [2.75, 3.05) is 16.8 Å². The van der Waals surface area contributed by atoms with E-state index in [0.29, 0.717) is 24.2 Å². The number of fused-ring (bicyclic) bond motifs is 1. The molecule has 3 N–H and O–H groups in total. The molecule has 1 saturated heterocycles. The van der Waals surface area contributed by atoms with E-state index in [0.717, 1.165) is 42.0 Å². The maximum atomic E-state index is 13.0. The molecule has 2 fully saturated rings. The third-order valence-electron chi connectivity index (χ3n) is 6.36. The summed E-state index contributed by atoms with van der Waals surface area (Å²) < 4.78 is 1.80. The number of hydrogen-bond acceptors (Lipinski definition) is 6. The third kappa shape index (κ3) is 4.02. The fourth-order valence-electron chi connectivity index (χ4n) is 4.44. The first kappa shape index (κ1) is 19.8. The van der Waals surface area contributed by atoms with E-state index in [9.17, 15) is 4.79 Å². The zero-order valence-electron chi connectivity index (χ0n) is 18.2. The molecule has 2 aliphatic rings. The highest BCUT2D eigenvalue weighted by Crippen LogP contribution is 2.39. The molecule has 1 aromatic carbocycles. The molecule has 3 aromatic heterocycles. The molecule has 1 atom stereocenters. The topological polar surface area (TPSA) is 103 Å². The summed E-state index contributed by atoms with van der Waals surface area (Å²) in [7, 11) is 0. The molecule has 4 aromatic rings. The number of hydrogen-bond donors (Lipinski definition) is 3. The van der Waals surface area contributed by atoms with Crippen molar-refractivity contribution in [2.24, 2.45) is 0 Å². The van der Waals surface area contributed by atoms with E-state index >= 15 is 0 Å². The van der Waals surface area contributed by atoms with Gasteiger partial charge in [-0.25, -0.2) is 4.52 Å². The van der Waals surface area contributed by atoms with Crippen molar-refractivity contribution in [1.29, 1.82) is 0 Å². The molecule has 1 saturated carbocycles. The number of rotatable bonds is 7. The van der Waals surface area contributed by atoms with Crippen LogP contribution in [0.4, 0.5) is 17.6 Å². The lowest BCUT2D eigenvalue weighted by atomic mass is 10.2. The predicted molar refractivity (Wildman–Crippen MR) is 125 cm³/mol. The Bertz CT molecular complexity index is 1280. The fraction of sp³-hybridized carbons (Fsp3) is 0.333. The van der Waals surface area contributed by atoms with Gasteiger partial charge in [-0.1, -0.05) is 30.3 Å². The molecule has 9 heteroatoms. The van der Waals surface area contributed by atoms with E-state index in [1.807, 2.05) is 53.6 Å². The number of nitrogens with zero attached hydrogens (tertiary/aromatic N) is 5. The zero-order chi connectivity index (χ0) is 22.2. The first-order valence-electron chi connectivity index (χ1n) is 11.5. The highest BCUT2D eigenvalue weighted by Gasteiger charge is 2.33. The van der Waals surface area contributed by atoms with E-state index in [4.69, 9.17) is 10.1 Å². The summed E-state index contributed by atoms with van der Waals surface area (Å²) in [6, 6.07) is 15.6. The fourth-order valence-corrected chi connectivity index (χ4v) is 4.44. The highest BCUT2D eigenvalue weighted by atomic mass is 16.2. The molecule has 0 spiro atoms. The molecule has 168 valence electrons. The number of carbonyl (C=O) groups is 1. The van der Waals surface area contributed by atoms with Crippen molar-refractivity contribution in [3.63, 3.8) is 0 Å². The van der Waals surface area contributed by atoms with Gasteiger partial charge in [0.15, 0.2) is 11.6 Å². The van der Waals surface area contributed by atoms with E-state index in [1.54, 1.807) is 4.52 Å². The van der Waals surface area contributed by atoms with Crippen molar-refractivity contribution in [2.45, 2.75) is 44.2 Å². The Morgan fingerprint density at radius 3 is 2.85 bits per heavy atom. The second kappa shape index (κ2) is 8.23. The van der Waals surface area contributed by atoms with Gasteiger partial charge in [0.2, 0.25) is 11.9 Å². The Morgan fingerprint density at radius 2 is 2.00 bits per heavy atom. The molecule has 0 unspecified atom stereocenters. The summed E-state index contributed by atoms with van der Waals surface area (Å²) >= 11 is 0. The van der Waals surface area contributed by atoms with E-state index in [-0.39, 0.29) is 11.9 Å². The van der Waals surface area contributed by atoms with Gasteiger partial charge in [0.05, 0.1) is 0 Å². The number of carbonyl (C=O) groups excluding carboxylic acids is 1. The second-order valence-corrected chi connectivity index (χ2v) is 8.76. The minimum absolute atomic E-state index is 0.00319. The van der Waals surface area contributed by atoms with Gasteiger partial charge in [-0.3, -0.25) is 9.89 Å². The lowest BCUT2D eigenvalue weighted by Crippen LogP contribution is -2.44. The second-order valence-electron chi connectivity index (χ2n) is 8.76. The van der Waals surface area contributed by atoms with Gasteiger partial charge in [-0.05, 0) is 43.4 Å². The van der Waals surface area contributed by atoms with Gasteiger partial charge in [-0.2, -0.15) is 10.1 Å². The maximum Gasteiger partial charge on any atom is 0.246 e. The molecule has 1 aliphatic heterocycles. The van der Waals surface area contributed by atoms with Crippen molar-refractivity contribution in [3.8, 4) is 0 Å². The van der Waals surface area contributed by atoms with Gasteiger partial charge in [0.1, 0.15) is 11.6 Å². The van der Waals surface area contributed by atoms with Crippen LogP contribution in [-0.4, -0.2) is 43.3 Å². The Balaban J connectivity index is 1.24. The van der Waals surface area contributed by atoms with Crippen LogP contribution < -0.4 is 15.5 Å². The van der Waals surface area contributed by atoms with Gasteiger partial charge in [0.25, 0.3) is 0 Å². The molecule has 33 heavy (non-hydrogen) atoms. The molecular formula is C24H26N8O. The Kier molecular flexibility index (Phi) is 4.93. The molecule has 0 bridgehead atoms. The molecule has 0 radical (unpaired) electrons. The van der Waals surface area contributed by atoms with Gasteiger partial charge in [0, 0.05) is 37.0 Å². The molecular weight excluding hydrogens is 416 g/mol. The summed E-state index contributed by atoms with van der Waals surface area (Å²) in [5, 5.41) is 18.6. The van der Waals surface area contributed by atoms with Gasteiger partial charge >= 0.3 is 0 Å². The number of aromatic nitrogens is 5. The molecule has 1 aliphatic carbocycles. The summed E-state index contributed by atoms with van der Waals surface area (Å²) in [6.45, 7) is 1.25. The number of amides is 1. The van der Waals surface area contributed by atoms with Crippen LogP contribution in [0, 0.1) is 0 Å². The number of benzene rings is 1. The normalized spacial score (nSPS) is 18.1. The van der Waals surface area contributed by atoms with Gasteiger partial charge in [-0.15, -0.1) is 5.10 Å². The lowest BCUT2D eigenvalue weighted by Gasteiger charge is -2.24. The molecule has 9 nitrogen and oxygen atoms in total. The summed E-state index contributed by atoms with van der Waals surface area (Å²) in [5.74, 6) is 2.56. The predicted octanol–water partition coefficient (Wildman–Crippen LogP) is 3.36. The highest BCUT2D eigenvalue weighted by molar-refractivity contribution is 5.85. The van der Waals surface area contributed by atoms with Crippen molar-refractivity contribution in [1.82, 2.24) is 30.1 Å². The average Bonchev–Trinajstić information content (AvgIpc) is 3.22. The van der Waals surface area contributed by atoms with Crippen LogP contribution in [0.25, 0.3) is 5.52 Å². The smallest absolute Gasteiger partial charge is 0.246 e. The summed E-state index contributed by atoms with van der Waals surface area (Å²) in [6.07, 6.45) is 6.02. The van der Waals surface area contributed by atoms with Gasteiger partial charge < -0.3 is 15.5 Å². The van der Waals surface area contributed by atoms with Crippen LogP contribution in [-0.2, 0) is 11.3 Å². The monoisotopic (exact) mass is 442 g/mol. The summed E-state index contributed by atoms with van der Waals surface area (Å²) in [4.78, 5) is 19.8. The van der Waals surface area contributed by atoms with Crippen LogP contribution in [0.1, 0.15) is 42.9 Å². The average molecular weight is 443 g/mol. The SMILES string of the molecule is O=C(NCc1ccccc1)[C@H]1CCCN1c1nc(Nc2cc(C3CC3)[nH]n2)c2cccn2n1. The maximum absolute atomic E-state index is 13.0. The largest absolute Gasteiger partial charge is 0.350 e. The minimum atomic E-state index is -0.290. The number of H-pyrrole nitrogens is 1. The molecule has 4 heterocycles. The minimum Gasteiger partial charge on any atom is -0.350 e. The van der Waals surface area contributed by atoms with Crippen LogP contribution >= 0.6 is 0 Å². The van der Waals surface area contributed by atoms with Crippen molar-refractivity contribution < 1.29 is 4.79 Å². The standard InChI is InChI=1S/C24H26N8O/c33-23(25-15-16-6-2-1-3-7-16)20-9-4-12-31(20)24-27-22(19-8-5-13-32(19)30-24)26-21-14-18(28-29-21)17-10-11-17/h1-3,5-8,13-14,17,20H,4,9-12,15H2,(H,25,33)(H2,26,27,28,29,30)/t20-/m1/s1. The van der Waals surface area contributed by atoms with E-state index in [1.165, 1.54) is 12.8 Å². The number of aromatic amines is 1. The zero-order valence-corrected chi connectivity index (χ0v) is 18.2. The van der Waals surface area contributed by atoms with Crippen molar-refractivity contribution >= 4 is 29.0 Å². The molecule has 1 amide bonds. The first-order valence-corrected chi connectivity index (χ1v) is 11.5. The summed E-state index contributed by atoms with van der Waals surface area (Å²) in [5.41, 5.74) is 3.10. The van der Waals surface area contributed by atoms with Crippen molar-refractivity contribution in [3.05, 3.63) is 66.0 Å². The van der Waals surface area contributed by atoms with E-state index in [2.05, 4.69) is 26.9 Å².